The van der Waals surface area contributed by atoms with E-state index in [0.717, 1.165) is 0 Å². The Hall–Kier alpha value is -1.89. The topological polar surface area (TPSA) is 83.5 Å². The van der Waals surface area contributed by atoms with Crippen molar-refractivity contribution in [2.45, 2.75) is 17.4 Å². The van der Waals surface area contributed by atoms with Crippen molar-refractivity contribution in [1.29, 1.82) is 0 Å². The van der Waals surface area contributed by atoms with Crippen LogP contribution < -0.4 is 4.72 Å². The number of hydrogen-bond donors (Lipinski definition) is 2. The smallest absolute Gasteiger partial charge is 0.305 e. The molecule has 22 heavy (non-hydrogen) atoms. The zero-order valence-electron chi connectivity index (χ0n) is 11.4. The lowest BCUT2D eigenvalue weighted by Gasteiger charge is -2.17. The van der Waals surface area contributed by atoms with Gasteiger partial charge in [0.05, 0.1) is 17.4 Å². The van der Waals surface area contributed by atoms with Gasteiger partial charge in [0.25, 0.3) is 0 Å². The Balaban J connectivity index is 2.30. The van der Waals surface area contributed by atoms with E-state index < -0.39 is 22.0 Å². The molecule has 0 aliphatic carbocycles. The Morgan fingerprint density at radius 1 is 1.09 bits per heavy atom. The fourth-order valence-corrected chi connectivity index (χ4v) is 3.31. The summed E-state index contributed by atoms with van der Waals surface area (Å²) in [5, 5.41) is 9.42. The van der Waals surface area contributed by atoms with Crippen LogP contribution in [-0.4, -0.2) is 19.5 Å². The first-order valence-electron chi connectivity index (χ1n) is 6.43. The first-order valence-corrected chi connectivity index (χ1v) is 8.29. The molecular formula is C15H14ClNO4S. The van der Waals surface area contributed by atoms with E-state index in [0.29, 0.717) is 10.6 Å². The highest BCUT2D eigenvalue weighted by atomic mass is 35.5. The van der Waals surface area contributed by atoms with Crippen molar-refractivity contribution < 1.29 is 18.3 Å². The van der Waals surface area contributed by atoms with Gasteiger partial charge in [-0.15, -0.1) is 0 Å². The highest BCUT2D eigenvalue weighted by Gasteiger charge is 2.23. The quantitative estimate of drug-likeness (QED) is 0.847. The monoisotopic (exact) mass is 339 g/mol. The third-order valence-corrected chi connectivity index (χ3v) is 4.74. The molecule has 116 valence electrons. The lowest BCUT2D eigenvalue weighted by atomic mass is 10.1. The van der Waals surface area contributed by atoms with Crippen molar-refractivity contribution in [3.05, 3.63) is 65.2 Å². The molecule has 0 unspecified atom stereocenters. The minimum absolute atomic E-state index is 0.0308. The standard InChI is InChI=1S/C15H14ClNO4S/c16-12-6-8-13(9-7-12)22(20,21)17-14(10-15(18)19)11-4-2-1-3-5-11/h1-9,14,17H,10H2,(H,18,19)/t14-/m1/s1. The molecule has 0 radical (unpaired) electrons. The molecule has 2 aromatic rings. The van der Waals surface area contributed by atoms with Gasteiger partial charge in [-0.05, 0) is 29.8 Å². The van der Waals surface area contributed by atoms with Gasteiger partial charge in [-0.1, -0.05) is 41.9 Å². The summed E-state index contributed by atoms with van der Waals surface area (Å²) < 4.78 is 27.1. The first-order chi connectivity index (χ1) is 10.4. The summed E-state index contributed by atoms with van der Waals surface area (Å²) in [7, 11) is -3.84. The van der Waals surface area contributed by atoms with Crippen LogP contribution in [0.15, 0.2) is 59.5 Å². The Kier molecular flexibility index (Phi) is 5.18. The fraction of sp³-hybridized carbons (Fsp3) is 0.133. The molecule has 0 aliphatic rings. The van der Waals surface area contributed by atoms with Gasteiger partial charge in [0, 0.05) is 5.02 Å². The van der Waals surface area contributed by atoms with Gasteiger partial charge in [-0.3, -0.25) is 4.79 Å². The third-order valence-electron chi connectivity index (χ3n) is 3.00. The SMILES string of the molecule is O=C(O)C[C@@H](NS(=O)(=O)c1ccc(Cl)cc1)c1ccccc1. The summed E-state index contributed by atoms with van der Waals surface area (Å²) in [6.07, 6.45) is -0.350. The number of hydrogen-bond acceptors (Lipinski definition) is 3. The average Bonchev–Trinajstić information content (AvgIpc) is 2.47. The first kappa shape index (κ1) is 16.5. The van der Waals surface area contributed by atoms with Gasteiger partial charge in [0.15, 0.2) is 0 Å². The van der Waals surface area contributed by atoms with E-state index in [1.165, 1.54) is 24.3 Å². The zero-order valence-corrected chi connectivity index (χ0v) is 13.0. The number of carboxylic acids is 1. The van der Waals surface area contributed by atoms with E-state index >= 15 is 0 Å². The van der Waals surface area contributed by atoms with Crippen LogP contribution >= 0.6 is 11.6 Å². The maximum Gasteiger partial charge on any atom is 0.305 e. The highest BCUT2D eigenvalue weighted by Crippen LogP contribution is 2.21. The second-order valence-electron chi connectivity index (χ2n) is 4.64. The molecule has 0 saturated carbocycles. The van der Waals surface area contributed by atoms with Gasteiger partial charge >= 0.3 is 5.97 Å². The third kappa shape index (κ3) is 4.30. The molecular weight excluding hydrogens is 326 g/mol. The normalized spacial score (nSPS) is 12.8. The number of nitrogens with one attached hydrogen (secondary N) is 1. The van der Waals surface area contributed by atoms with E-state index in [9.17, 15) is 13.2 Å². The summed E-state index contributed by atoms with van der Waals surface area (Å²) in [6.45, 7) is 0. The second-order valence-corrected chi connectivity index (χ2v) is 6.79. The number of aliphatic carboxylic acids is 1. The number of sulfonamides is 1. The van der Waals surface area contributed by atoms with Crippen LogP contribution in [0.25, 0.3) is 0 Å². The van der Waals surface area contributed by atoms with Crippen LogP contribution in [0, 0.1) is 0 Å². The largest absolute Gasteiger partial charge is 0.481 e. The van der Waals surface area contributed by atoms with Gasteiger partial charge in [-0.25, -0.2) is 13.1 Å². The Morgan fingerprint density at radius 3 is 2.23 bits per heavy atom. The summed E-state index contributed by atoms with van der Waals surface area (Å²) in [5.41, 5.74) is 0.586. The number of halogens is 1. The van der Waals surface area contributed by atoms with Gasteiger partial charge in [0.2, 0.25) is 10.0 Å². The molecule has 0 bridgehead atoms. The van der Waals surface area contributed by atoms with Crippen molar-refractivity contribution in [3.8, 4) is 0 Å². The van der Waals surface area contributed by atoms with Crippen molar-refractivity contribution in [2.75, 3.05) is 0 Å². The van der Waals surface area contributed by atoms with Crippen LogP contribution in [0.4, 0.5) is 0 Å². The molecule has 0 spiro atoms. The molecule has 2 aromatic carbocycles. The number of rotatable bonds is 6. The maximum absolute atomic E-state index is 12.4. The Bertz CT molecular complexity index is 745. The molecule has 0 aliphatic heterocycles. The minimum atomic E-state index is -3.84. The van der Waals surface area contributed by atoms with Gasteiger partial charge in [0.1, 0.15) is 0 Å². The molecule has 1 atom stereocenters. The molecule has 0 aromatic heterocycles. The van der Waals surface area contributed by atoms with Crippen molar-refractivity contribution in [1.82, 2.24) is 4.72 Å². The summed E-state index contributed by atoms with van der Waals surface area (Å²) in [5.74, 6) is -1.09. The fourth-order valence-electron chi connectivity index (χ4n) is 1.96. The number of benzene rings is 2. The predicted molar refractivity (Wildman–Crippen MR) is 83.2 cm³/mol. The molecule has 0 heterocycles. The van der Waals surface area contributed by atoms with Crippen molar-refractivity contribution in [3.63, 3.8) is 0 Å². The average molecular weight is 340 g/mol. The maximum atomic E-state index is 12.4. The second kappa shape index (κ2) is 6.91. The Morgan fingerprint density at radius 2 is 1.68 bits per heavy atom. The molecule has 7 heteroatoms. The van der Waals surface area contributed by atoms with Crippen LogP contribution in [0.5, 0.6) is 0 Å². The predicted octanol–water partition coefficient (Wildman–Crippen LogP) is 2.83. The molecule has 2 N–H and O–H groups in total. The summed E-state index contributed by atoms with van der Waals surface area (Å²) in [6, 6.07) is 13.4. The molecule has 2 rings (SSSR count). The summed E-state index contributed by atoms with van der Waals surface area (Å²) in [4.78, 5) is 11.0. The highest BCUT2D eigenvalue weighted by molar-refractivity contribution is 7.89. The van der Waals surface area contributed by atoms with E-state index in [4.69, 9.17) is 16.7 Å². The molecule has 0 fully saturated rings. The molecule has 0 amide bonds. The van der Waals surface area contributed by atoms with Gasteiger partial charge in [-0.2, -0.15) is 0 Å². The van der Waals surface area contributed by atoms with Gasteiger partial charge < -0.3 is 5.11 Å². The zero-order chi connectivity index (χ0) is 16.2. The van der Waals surface area contributed by atoms with Crippen molar-refractivity contribution >= 4 is 27.6 Å². The number of carbonyl (C=O) groups is 1. The van der Waals surface area contributed by atoms with E-state index in [2.05, 4.69) is 4.72 Å². The van der Waals surface area contributed by atoms with Crippen LogP contribution in [0.2, 0.25) is 5.02 Å². The van der Waals surface area contributed by atoms with Crippen molar-refractivity contribution in [2.24, 2.45) is 0 Å². The molecule has 5 nitrogen and oxygen atoms in total. The Labute approximate surface area is 133 Å². The lowest BCUT2D eigenvalue weighted by molar-refractivity contribution is -0.137. The molecule has 0 saturated heterocycles. The van der Waals surface area contributed by atoms with Crippen LogP contribution in [0.1, 0.15) is 18.0 Å². The van der Waals surface area contributed by atoms with E-state index in [1.54, 1.807) is 30.3 Å². The minimum Gasteiger partial charge on any atom is -0.481 e. The number of carboxylic acid groups (broad SMARTS) is 1. The van der Waals surface area contributed by atoms with E-state index in [1.807, 2.05) is 0 Å². The van der Waals surface area contributed by atoms with E-state index in [-0.39, 0.29) is 11.3 Å². The van der Waals surface area contributed by atoms with Crippen LogP contribution in [0.3, 0.4) is 0 Å². The summed E-state index contributed by atoms with van der Waals surface area (Å²) >= 11 is 5.74. The van der Waals surface area contributed by atoms with Crippen LogP contribution in [-0.2, 0) is 14.8 Å². The lowest BCUT2D eigenvalue weighted by Crippen LogP contribution is -2.30.